The molecule has 0 spiro atoms. The summed E-state index contributed by atoms with van der Waals surface area (Å²) in [7, 11) is 0. The monoisotopic (exact) mass is 221 g/mol. The van der Waals surface area contributed by atoms with Crippen molar-refractivity contribution in [3.63, 3.8) is 0 Å². The van der Waals surface area contributed by atoms with E-state index in [2.05, 4.69) is 10.6 Å². The van der Waals surface area contributed by atoms with E-state index in [1.54, 1.807) is 19.1 Å². The number of carbonyl (C=O) groups excluding carboxylic acids is 2. The van der Waals surface area contributed by atoms with Gasteiger partial charge in [0.25, 0.3) is 0 Å². The lowest BCUT2D eigenvalue weighted by Crippen LogP contribution is -2.44. The molecule has 0 bridgehead atoms. The zero-order valence-electron chi connectivity index (χ0n) is 9.28. The molecule has 0 unspecified atom stereocenters. The van der Waals surface area contributed by atoms with Crippen molar-refractivity contribution in [2.75, 3.05) is 5.32 Å². The van der Waals surface area contributed by atoms with E-state index >= 15 is 0 Å². The second-order valence-electron chi connectivity index (χ2n) is 3.59. The molecule has 0 aliphatic heterocycles. The van der Waals surface area contributed by atoms with Crippen molar-refractivity contribution in [1.29, 1.82) is 0 Å². The Morgan fingerprint density at radius 3 is 2.31 bits per heavy atom. The highest BCUT2D eigenvalue weighted by Crippen LogP contribution is 2.08. The van der Waals surface area contributed by atoms with Crippen LogP contribution in [0.1, 0.15) is 12.5 Å². The average Bonchev–Trinajstić information content (AvgIpc) is 2.20. The zero-order valence-corrected chi connectivity index (χ0v) is 9.28. The second kappa shape index (κ2) is 5.16. The number of primary amides is 1. The number of hydrogen-bond acceptors (Lipinski definition) is 2. The van der Waals surface area contributed by atoms with Crippen molar-refractivity contribution in [1.82, 2.24) is 5.32 Å². The molecule has 0 aliphatic carbocycles. The lowest BCUT2D eigenvalue weighted by atomic mass is 10.2. The lowest BCUT2D eigenvalue weighted by molar-refractivity contribution is -0.117. The van der Waals surface area contributed by atoms with E-state index in [0.29, 0.717) is 5.69 Å². The van der Waals surface area contributed by atoms with E-state index in [0.717, 1.165) is 5.56 Å². The number of nitrogens with one attached hydrogen (secondary N) is 2. The van der Waals surface area contributed by atoms with Gasteiger partial charge in [0, 0.05) is 5.69 Å². The summed E-state index contributed by atoms with van der Waals surface area (Å²) in [4.78, 5) is 22.1. The van der Waals surface area contributed by atoms with Crippen LogP contribution < -0.4 is 16.4 Å². The van der Waals surface area contributed by atoms with E-state index in [4.69, 9.17) is 5.73 Å². The van der Waals surface area contributed by atoms with E-state index < -0.39 is 12.1 Å². The quantitative estimate of drug-likeness (QED) is 0.711. The minimum Gasteiger partial charge on any atom is -0.352 e. The first-order valence-corrected chi connectivity index (χ1v) is 4.92. The van der Waals surface area contributed by atoms with Crippen LogP contribution in [0.15, 0.2) is 24.3 Å². The highest BCUT2D eigenvalue weighted by atomic mass is 16.2. The third-order valence-electron chi connectivity index (χ3n) is 2.07. The summed E-state index contributed by atoms with van der Waals surface area (Å²) in [6.45, 7) is 3.52. The molecule has 3 amide bonds. The molecule has 1 aromatic rings. The molecule has 1 rings (SSSR count). The summed E-state index contributed by atoms with van der Waals surface area (Å²) in [6.07, 6.45) is 0. The Morgan fingerprint density at radius 2 is 1.81 bits per heavy atom. The minimum atomic E-state index is -0.716. The molecular weight excluding hydrogens is 206 g/mol. The number of carbonyl (C=O) groups is 2. The van der Waals surface area contributed by atoms with E-state index in [-0.39, 0.29) is 5.91 Å². The maximum atomic E-state index is 11.6. The topological polar surface area (TPSA) is 84.2 Å². The lowest BCUT2D eigenvalue weighted by Gasteiger charge is -2.12. The van der Waals surface area contributed by atoms with Crippen LogP contribution in [0.4, 0.5) is 10.5 Å². The predicted molar refractivity (Wildman–Crippen MR) is 62.0 cm³/mol. The zero-order chi connectivity index (χ0) is 12.1. The number of amides is 3. The number of nitrogens with two attached hydrogens (primary N) is 1. The van der Waals surface area contributed by atoms with E-state index in [9.17, 15) is 9.59 Å². The van der Waals surface area contributed by atoms with Gasteiger partial charge in [0.1, 0.15) is 6.04 Å². The molecule has 0 saturated heterocycles. The summed E-state index contributed by atoms with van der Waals surface area (Å²) in [6, 6.07) is 6.00. The van der Waals surface area contributed by atoms with Gasteiger partial charge >= 0.3 is 6.03 Å². The van der Waals surface area contributed by atoms with Crippen LogP contribution in [-0.4, -0.2) is 18.0 Å². The summed E-state index contributed by atoms with van der Waals surface area (Å²) >= 11 is 0. The molecule has 4 N–H and O–H groups in total. The molecule has 0 radical (unpaired) electrons. The van der Waals surface area contributed by atoms with Gasteiger partial charge in [0.2, 0.25) is 5.91 Å². The van der Waals surface area contributed by atoms with E-state index in [1.165, 1.54) is 0 Å². The van der Waals surface area contributed by atoms with Crippen LogP contribution in [0.2, 0.25) is 0 Å². The highest BCUT2D eigenvalue weighted by molar-refractivity contribution is 5.96. The molecule has 0 fully saturated rings. The fourth-order valence-corrected chi connectivity index (χ4v) is 1.17. The Labute approximate surface area is 94.0 Å². The number of urea groups is 1. The summed E-state index contributed by atoms with van der Waals surface area (Å²) < 4.78 is 0. The number of aryl methyl sites for hydroxylation is 1. The molecule has 16 heavy (non-hydrogen) atoms. The minimum absolute atomic E-state index is 0.303. The third kappa shape index (κ3) is 3.61. The van der Waals surface area contributed by atoms with Gasteiger partial charge in [-0.25, -0.2) is 4.79 Å². The van der Waals surface area contributed by atoms with Gasteiger partial charge in [0.05, 0.1) is 0 Å². The molecule has 0 saturated carbocycles. The highest BCUT2D eigenvalue weighted by Gasteiger charge is 2.13. The van der Waals surface area contributed by atoms with Crippen molar-refractivity contribution in [3.05, 3.63) is 29.8 Å². The molecular formula is C11H15N3O2. The van der Waals surface area contributed by atoms with Crippen LogP contribution in [0, 0.1) is 6.92 Å². The first kappa shape index (κ1) is 12.0. The SMILES string of the molecule is Cc1ccc(NC(=O)[C@@H](C)NC(N)=O)cc1. The standard InChI is InChI=1S/C11H15N3O2/c1-7-3-5-9(6-4-7)14-10(15)8(2)13-11(12)16/h3-6,8H,1-2H3,(H,14,15)(H3,12,13,16)/t8-/m1/s1. The number of benzene rings is 1. The Bertz CT molecular complexity index is 387. The number of anilines is 1. The first-order chi connectivity index (χ1) is 7.49. The van der Waals surface area contributed by atoms with Crippen molar-refractivity contribution in [2.45, 2.75) is 19.9 Å². The Hall–Kier alpha value is -2.04. The van der Waals surface area contributed by atoms with Gasteiger partial charge in [-0.1, -0.05) is 17.7 Å². The van der Waals surface area contributed by atoms with Gasteiger partial charge < -0.3 is 16.4 Å². The van der Waals surface area contributed by atoms with Crippen LogP contribution in [-0.2, 0) is 4.79 Å². The van der Waals surface area contributed by atoms with Gasteiger partial charge in [-0.2, -0.15) is 0 Å². The summed E-state index contributed by atoms with van der Waals surface area (Å²) in [5.74, 6) is -0.303. The van der Waals surface area contributed by atoms with Gasteiger partial charge in [-0.05, 0) is 26.0 Å². The van der Waals surface area contributed by atoms with Gasteiger partial charge in [-0.15, -0.1) is 0 Å². The molecule has 5 heteroatoms. The van der Waals surface area contributed by atoms with Crippen LogP contribution in [0.5, 0.6) is 0 Å². The molecule has 0 aliphatic rings. The average molecular weight is 221 g/mol. The molecule has 0 aromatic heterocycles. The molecule has 0 heterocycles. The molecule has 86 valence electrons. The van der Waals surface area contributed by atoms with E-state index in [1.807, 2.05) is 19.1 Å². The number of hydrogen-bond donors (Lipinski definition) is 3. The first-order valence-electron chi connectivity index (χ1n) is 4.92. The molecule has 1 aromatic carbocycles. The van der Waals surface area contributed by atoms with Crippen molar-refractivity contribution in [3.8, 4) is 0 Å². The number of rotatable bonds is 3. The summed E-state index contributed by atoms with van der Waals surface area (Å²) in [5.41, 5.74) is 6.72. The second-order valence-corrected chi connectivity index (χ2v) is 3.59. The van der Waals surface area contributed by atoms with Crippen LogP contribution in [0.3, 0.4) is 0 Å². The fourth-order valence-electron chi connectivity index (χ4n) is 1.17. The largest absolute Gasteiger partial charge is 0.352 e. The smallest absolute Gasteiger partial charge is 0.312 e. The van der Waals surface area contributed by atoms with Gasteiger partial charge in [-0.3, -0.25) is 4.79 Å². The Balaban J connectivity index is 2.57. The molecule has 5 nitrogen and oxygen atoms in total. The maximum Gasteiger partial charge on any atom is 0.312 e. The van der Waals surface area contributed by atoms with Crippen molar-refractivity contribution < 1.29 is 9.59 Å². The van der Waals surface area contributed by atoms with Gasteiger partial charge in [0.15, 0.2) is 0 Å². The Kier molecular flexibility index (Phi) is 3.88. The normalized spacial score (nSPS) is 11.6. The fraction of sp³-hybridized carbons (Fsp3) is 0.273. The Morgan fingerprint density at radius 1 is 1.25 bits per heavy atom. The van der Waals surface area contributed by atoms with Crippen molar-refractivity contribution >= 4 is 17.6 Å². The predicted octanol–water partition coefficient (Wildman–Crippen LogP) is 0.990. The third-order valence-corrected chi connectivity index (χ3v) is 2.07. The summed E-state index contributed by atoms with van der Waals surface area (Å²) in [5, 5.41) is 4.97. The van der Waals surface area contributed by atoms with Crippen LogP contribution >= 0.6 is 0 Å². The van der Waals surface area contributed by atoms with Crippen molar-refractivity contribution in [2.24, 2.45) is 5.73 Å². The van der Waals surface area contributed by atoms with Crippen LogP contribution in [0.25, 0.3) is 0 Å². The maximum absolute atomic E-state index is 11.6. The molecule has 1 atom stereocenters.